The van der Waals surface area contributed by atoms with Crippen LogP contribution >= 0.6 is 11.3 Å². The van der Waals surface area contributed by atoms with Crippen LogP contribution in [0.2, 0.25) is 0 Å². The van der Waals surface area contributed by atoms with E-state index in [0.717, 1.165) is 49.5 Å². The molecule has 0 aromatic carbocycles. The van der Waals surface area contributed by atoms with Gasteiger partial charge < -0.3 is 15.3 Å². The number of halogens is 3. The molecule has 2 aromatic heterocycles. The molecule has 0 saturated carbocycles. The van der Waals surface area contributed by atoms with Crippen LogP contribution in [-0.4, -0.2) is 83.6 Å². The van der Waals surface area contributed by atoms with Crippen LogP contribution in [0.4, 0.5) is 19.1 Å². The van der Waals surface area contributed by atoms with E-state index in [2.05, 4.69) is 32.1 Å². The number of aliphatic hydroxyl groups is 1. The van der Waals surface area contributed by atoms with Crippen LogP contribution in [0.5, 0.6) is 0 Å². The highest BCUT2D eigenvalue weighted by Crippen LogP contribution is 2.38. The lowest BCUT2D eigenvalue weighted by atomic mass is 10.00. The minimum atomic E-state index is -4.62. The fourth-order valence-corrected chi connectivity index (χ4v) is 8.01. The van der Waals surface area contributed by atoms with Crippen molar-refractivity contribution < 1.29 is 22.5 Å². The molecule has 2 N–H and O–H groups in total. The zero-order chi connectivity index (χ0) is 30.3. The first-order valence-electron chi connectivity index (χ1n) is 15.1. The van der Waals surface area contributed by atoms with Gasteiger partial charge in [-0.2, -0.15) is 13.2 Å². The highest BCUT2D eigenvalue weighted by molar-refractivity contribution is 7.82. The second kappa shape index (κ2) is 14.9. The number of alkyl halides is 3. The lowest BCUT2D eigenvalue weighted by molar-refractivity contribution is -0.137. The minimum Gasteiger partial charge on any atom is -0.390 e. The summed E-state index contributed by atoms with van der Waals surface area (Å²) < 4.78 is 56.4. The number of rotatable bonds is 10. The Kier molecular flexibility index (Phi) is 11.8. The molecule has 2 fully saturated rings. The van der Waals surface area contributed by atoms with Crippen molar-refractivity contribution in [2.45, 2.75) is 96.4 Å². The Balaban J connectivity index is 1.29. The predicted octanol–water partition coefficient (Wildman–Crippen LogP) is 5.76. The first kappa shape index (κ1) is 33.2. The maximum absolute atomic E-state index is 13.8. The van der Waals surface area contributed by atoms with E-state index in [1.54, 1.807) is 13.8 Å². The Morgan fingerprint density at radius 2 is 1.76 bits per heavy atom. The van der Waals surface area contributed by atoms with Crippen LogP contribution in [0.3, 0.4) is 0 Å². The second-order valence-corrected chi connectivity index (χ2v) is 15.1. The van der Waals surface area contributed by atoms with E-state index in [1.807, 2.05) is 4.31 Å². The molecule has 236 valence electrons. The van der Waals surface area contributed by atoms with Crippen LogP contribution in [-0.2, 0) is 23.6 Å². The predicted molar refractivity (Wildman–Crippen MR) is 163 cm³/mol. The fourth-order valence-electron chi connectivity index (χ4n) is 5.62. The molecule has 0 radical (unpaired) electrons. The second-order valence-electron chi connectivity index (χ2n) is 12.4. The van der Waals surface area contributed by atoms with Crippen LogP contribution in [0.25, 0.3) is 10.6 Å². The molecular formula is C29H45F3N6O2S2. The van der Waals surface area contributed by atoms with Crippen molar-refractivity contribution in [1.82, 2.24) is 24.2 Å². The van der Waals surface area contributed by atoms with Gasteiger partial charge in [0.25, 0.3) is 0 Å². The van der Waals surface area contributed by atoms with Crippen molar-refractivity contribution in [2.75, 3.05) is 43.8 Å². The van der Waals surface area contributed by atoms with Crippen molar-refractivity contribution in [3.8, 4) is 10.6 Å². The van der Waals surface area contributed by atoms with Gasteiger partial charge in [-0.1, -0.05) is 19.8 Å². The normalized spacial score (nSPS) is 21.5. The largest absolute Gasteiger partial charge is 0.420 e. The van der Waals surface area contributed by atoms with Gasteiger partial charge in [-0.3, -0.25) is 0 Å². The average Bonchev–Trinajstić information content (AvgIpc) is 3.40. The number of anilines is 1. The molecule has 4 rings (SSSR count). The molecule has 13 heteroatoms. The third kappa shape index (κ3) is 10.2. The number of thiazole rings is 1. The molecule has 2 unspecified atom stereocenters. The summed E-state index contributed by atoms with van der Waals surface area (Å²) in [6.45, 7) is 10.2. The number of aromatic nitrogens is 3. The van der Waals surface area contributed by atoms with Crippen LogP contribution < -0.4 is 5.32 Å². The smallest absolute Gasteiger partial charge is 0.390 e. The van der Waals surface area contributed by atoms with E-state index < -0.39 is 28.3 Å². The van der Waals surface area contributed by atoms with Crippen LogP contribution in [0.15, 0.2) is 12.4 Å². The molecule has 0 spiro atoms. The Hall–Kier alpha value is -1.67. The summed E-state index contributed by atoms with van der Waals surface area (Å²) in [6.07, 6.45) is 6.51. The van der Waals surface area contributed by atoms with E-state index >= 15 is 0 Å². The zero-order valence-corrected chi connectivity index (χ0v) is 26.6. The third-order valence-corrected chi connectivity index (χ3v) is 10.5. The molecule has 4 heterocycles. The van der Waals surface area contributed by atoms with Crippen LogP contribution in [0, 0.1) is 5.92 Å². The monoisotopic (exact) mass is 630 g/mol. The van der Waals surface area contributed by atoms with Gasteiger partial charge in [-0.25, -0.2) is 23.5 Å². The van der Waals surface area contributed by atoms with Crippen molar-refractivity contribution in [1.29, 1.82) is 0 Å². The maximum Gasteiger partial charge on any atom is 0.420 e. The van der Waals surface area contributed by atoms with Crippen molar-refractivity contribution >= 4 is 28.3 Å². The summed E-state index contributed by atoms with van der Waals surface area (Å²) in [7, 11) is -1.04. The first-order chi connectivity index (χ1) is 19.9. The highest BCUT2D eigenvalue weighted by atomic mass is 32.2. The summed E-state index contributed by atoms with van der Waals surface area (Å²) in [5, 5.41) is 13.8. The van der Waals surface area contributed by atoms with E-state index in [9.17, 15) is 22.5 Å². The lowest BCUT2D eigenvalue weighted by Gasteiger charge is -2.31. The first-order valence-corrected chi connectivity index (χ1v) is 17.2. The summed E-state index contributed by atoms with van der Waals surface area (Å²) in [5.41, 5.74) is -2.16. The van der Waals surface area contributed by atoms with Crippen LogP contribution in [0.1, 0.15) is 82.7 Å². The third-order valence-electron chi connectivity index (χ3n) is 7.93. The number of nitrogens with zero attached hydrogens (tertiary/aromatic N) is 5. The summed E-state index contributed by atoms with van der Waals surface area (Å²) in [5.74, 6) is 1.61. The van der Waals surface area contributed by atoms with E-state index in [4.69, 9.17) is 0 Å². The molecular weight excluding hydrogens is 585 g/mol. The molecule has 2 atom stereocenters. The average molecular weight is 631 g/mol. The SMILES string of the molecule is CC1CCCCN(CCCS(=O)N2CCC(Nc3ncc(C(F)(F)F)c(-c4cnc(CC(C)(C)O)s4)n3)CC2)CCC1. The van der Waals surface area contributed by atoms with Gasteiger partial charge in [0.05, 0.1) is 32.2 Å². The Bertz CT molecular complexity index is 1160. The van der Waals surface area contributed by atoms with E-state index in [-0.39, 0.29) is 29.0 Å². The Morgan fingerprint density at radius 1 is 1.05 bits per heavy atom. The topological polar surface area (TPSA) is 94.5 Å². The Morgan fingerprint density at radius 3 is 2.48 bits per heavy atom. The summed E-state index contributed by atoms with van der Waals surface area (Å²) in [4.78, 5) is 15.3. The molecule has 2 aliphatic heterocycles. The fraction of sp³-hybridized carbons (Fsp3) is 0.759. The van der Waals surface area contributed by atoms with E-state index in [1.165, 1.54) is 38.3 Å². The standard InChI is InChI=1S/C29H45F3N6O2S2/c1-21-8-4-5-12-37(13-6-9-21)14-7-17-42(40)38-15-10-22(11-16-38)35-27-34-19-23(29(30,31)32)26(36-27)24-20-33-25(41-24)18-28(2,3)39/h19-22,39H,4-18H2,1-3H3,(H,34,35,36). The maximum atomic E-state index is 13.8. The van der Waals surface area contributed by atoms with Gasteiger partial charge in [0, 0.05) is 43.7 Å². The lowest BCUT2D eigenvalue weighted by Crippen LogP contribution is -2.41. The quantitative estimate of drug-likeness (QED) is 0.345. The number of hydrogen-bond acceptors (Lipinski definition) is 8. The van der Waals surface area contributed by atoms with Crippen molar-refractivity contribution in [3.05, 3.63) is 23.0 Å². The highest BCUT2D eigenvalue weighted by Gasteiger charge is 2.36. The van der Waals surface area contributed by atoms with Crippen molar-refractivity contribution in [3.63, 3.8) is 0 Å². The van der Waals surface area contributed by atoms with Gasteiger partial charge >= 0.3 is 6.18 Å². The van der Waals surface area contributed by atoms with Gasteiger partial charge in [0.2, 0.25) is 5.95 Å². The van der Waals surface area contributed by atoms with E-state index in [0.29, 0.717) is 36.7 Å². The van der Waals surface area contributed by atoms with Gasteiger partial charge in [0.15, 0.2) is 0 Å². The Labute approximate surface area is 254 Å². The zero-order valence-electron chi connectivity index (χ0n) is 25.0. The number of hydrogen-bond donors (Lipinski definition) is 2. The molecule has 2 aromatic rings. The minimum absolute atomic E-state index is 0.0255. The van der Waals surface area contributed by atoms with Gasteiger partial charge in [0.1, 0.15) is 5.56 Å². The summed E-state index contributed by atoms with van der Waals surface area (Å²) in [6, 6.07) is -0.0255. The molecule has 2 aliphatic rings. The summed E-state index contributed by atoms with van der Waals surface area (Å²) >= 11 is 1.09. The molecule has 2 saturated heterocycles. The van der Waals surface area contributed by atoms with Gasteiger partial charge in [-0.15, -0.1) is 11.3 Å². The molecule has 0 amide bonds. The molecule has 0 aliphatic carbocycles. The molecule has 8 nitrogen and oxygen atoms in total. The molecule has 42 heavy (non-hydrogen) atoms. The van der Waals surface area contributed by atoms with Gasteiger partial charge in [-0.05, 0) is 77.9 Å². The molecule has 0 bridgehead atoms. The van der Waals surface area contributed by atoms with Crippen molar-refractivity contribution in [2.24, 2.45) is 5.92 Å². The number of nitrogens with one attached hydrogen (secondary N) is 1. The number of piperidine rings is 1.